The summed E-state index contributed by atoms with van der Waals surface area (Å²) in [6.07, 6.45) is 10.0. The van der Waals surface area contributed by atoms with E-state index in [0.717, 1.165) is 29.8 Å². The van der Waals surface area contributed by atoms with E-state index >= 15 is 0 Å². The largest absolute Gasteiger partial charge is 0.494 e. The number of pyridine rings is 1. The number of rotatable bonds is 9. The van der Waals surface area contributed by atoms with Gasteiger partial charge in [-0.05, 0) is 36.6 Å². The number of aliphatic carboxylic acids is 1. The molecule has 0 amide bonds. The number of nitrogens with zero attached hydrogens (tertiary/aromatic N) is 1. The van der Waals surface area contributed by atoms with Gasteiger partial charge < -0.3 is 9.84 Å². The molecule has 0 aliphatic heterocycles. The molecule has 24 heavy (non-hydrogen) atoms. The first-order chi connectivity index (χ1) is 11.7. The summed E-state index contributed by atoms with van der Waals surface area (Å²) in [7, 11) is 0. The van der Waals surface area contributed by atoms with Gasteiger partial charge in [0.1, 0.15) is 12.3 Å². The molecular weight excluding hydrogens is 302 g/mol. The molecule has 1 N–H and O–H groups in total. The van der Waals surface area contributed by atoms with Crippen molar-refractivity contribution in [1.29, 1.82) is 0 Å². The number of hydrogen-bond acceptors (Lipinski definition) is 2. The van der Waals surface area contributed by atoms with E-state index in [-0.39, 0.29) is 6.42 Å². The summed E-state index contributed by atoms with van der Waals surface area (Å²) < 4.78 is 7.58. The Morgan fingerprint density at radius 1 is 1.12 bits per heavy atom. The lowest BCUT2D eigenvalue weighted by molar-refractivity contribution is -0.697. The molecule has 0 atom stereocenters. The molecule has 0 aliphatic rings. The highest BCUT2D eigenvalue weighted by Crippen LogP contribution is 2.15. The third-order valence-electron chi connectivity index (χ3n) is 3.61. The van der Waals surface area contributed by atoms with Crippen LogP contribution in [0.5, 0.6) is 5.75 Å². The maximum Gasteiger partial charge on any atom is 0.303 e. The maximum absolute atomic E-state index is 10.5. The molecule has 1 aromatic carbocycles. The van der Waals surface area contributed by atoms with E-state index in [4.69, 9.17) is 9.84 Å². The lowest BCUT2D eigenvalue weighted by Gasteiger charge is -2.03. The van der Waals surface area contributed by atoms with Gasteiger partial charge in [-0.2, -0.15) is 0 Å². The molecule has 0 radical (unpaired) electrons. The number of aromatic nitrogens is 1. The molecule has 0 saturated carbocycles. The van der Waals surface area contributed by atoms with Gasteiger partial charge in [-0.1, -0.05) is 24.3 Å². The fourth-order valence-electron chi connectivity index (χ4n) is 2.37. The van der Waals surface area contributed by atoms with Crippen molar-refractivity contribution < 1.29 is 19.2 Å². The van der Waals surface area contributed by atoms with Gasteiger partial charge in [0, 0.05) is 25.0 Å². The Morgan fingerprint density at radius 3 is 2.58 bits per heavy atom. The van der Waals surface area contributed by atoms with Crippen LogP contribution in [0.25, 0.3) is 12.2 Å². The Hall–Kier alpha value is -2.62. The lowest BCUT2D eigenvalue weighted by Crippen LogP contribution is -2.32. The van der Waals surface area contributed by atoms with Crippen LogP contribution in [-0.4, -0.2) is 17.7 Å². The molecule has 4 nitrogen and oxygen atoms in total. The molecule has 4 heteroatoms. The Balaban J connectivity index is 1.88. The summed E-state index contributed by atoms with van der Waals surface area (Å²) in [4.78, 5) is 10.5. The SMILES string of the molecule is CCOc1cccc(/C=C\c2cc[n+](CCCCC(=O)O)cc2)c1. The van der Waals surface area contributed by atoms with Gasteiger partial charge in [-0.25, -0.2) is 4.57 Å². The van der Waals surface area contributed by atoms with Crippen LogP contribution in [0.15, 0.2) is 48.8 Å². The van der Waals surface area contributed by atoms with Crippen LogP contribution in [0.3, 0.4) is 0 Å². The van der Waals surface area contributed by atoms with Crippen molar-refractivity contribution in [3.05, 3.63) is 59.9 Å². The number of aryl methyl sites for hydroxylation is 1. The predicted octanol–water partition coefficient (Wildman–Crippen LogP) is 3.80. The Morgan fingerprint density at radius 2 is 1.88 bits per heavy atom. The van der Waals surface area contributed by atoms with Crippen LogP contribution in [0, 0.1) is 0 Å². The Kier molecular flexibility index (Phi) is 7.02. The zero-order chi connectivity index (χ0) is 17.2. The second-order valence-electron chi connectivity index (χ2n) is 5.56. The van der Waals surface area contributed by atoms with E-state index in [1.807, 2.05) is 43.6 Å². The summed E-state index contributed by atoms with van der Waals surface area (Å²) in [6.45, 7) is 3.48. The number of ether oxygens (including phenoxy) is 1. The van der Waals surface area contributed by atoms with Crippen molar-refractivity contribution in [3.8, 4) is 5.75 Å². The van der Waals surface area contributed by atoms with Gasteiger partial charge in [-0.15, -0.1) is 0 Å². The minimum absolute atomic E-state index is 0.238. The molecule has 1 aromatic heterocycles. The van der Waals surface area contributed by atoms with Gasteiger partial charge in [0.25, 0.3) is 0 Å². The zero-order valence-corrected chi connectivity index (χ0v) is 14.0. The van der Waals surface area contributed by atoms with Crippen LogP contribution in [0.2, 0.25) is 0 Å². The molecule has 0 saturated heterocycles. The first-order valence-corrected chi connectivity index (χ1v) is 8.29. The van der Waals surface area contributed by atoms with E-state index in [0.29, 0.717) is 13.0 Å². The summed E-state index contributed by atoms with van der Waals surface area (Å²) in [6, 6.07) is 12.1. The average molecular weight is 326 g/mol. The van der Waals surface area contributed by atoms with Crippen LogP contribution in [0.1, 0.15) is 37.3 Å². The van der Waals surface area contributed by atoms with Crippen molar-refractivity contribution in [2.75, 3.05) is 6.61 Å². The minimum Gasteiger partial charge on any atom is -0.494 e. The van der Waals surface area contributed by atoms with Crippen molar-refractivity contribution >= 4 is 18.1 Å². The molecule has 2 aromatic rings. The van der Waals surface area contributed by atoms with Crippen LogP contribution in [0.4, 0.5) is 0 Å². The van der Waals surface area contributed by atoms with Gasteiger partial charge in [0.2, 0.25) is 0 Å². The zero-order valence-electron chi connectivity index (χ0n) is 14.0. The molecular formula is C20H24NO3+. The fraction of sp³-hybridized carbons (Fsp3) is 0.300. The fourth-order valence-corrected chi connectivity index (χ4v) is 2.37. The molecule has 0 spiro atoms. The van der Waals surface area contributed by atoms with Crippen LogP contribution < -0.4 is 9.30 Å². The van der Waals surface area contributed by atoms with Crippen molar-refractivity contribution in [2.24, 2.45) is 0 Å². The molecule has 2 rings (SSSR count). The monoisotopic (exact) mass is 326 g/mol. The van der Waals surface area contributed by atoms with Gasteiger partial charge in [-0.3, -0.25) is 4.79 Å². The predicted molar refractivity (Wildman–Crippen MR) is 94.7 cm³/mol. The first-order valence-electron chi connectivity index (χ1n) is 8.29. The third-order valence-corrected chi connectivity index (χ3v) is 3.61. The topological polar surface area (TPSA) is 50.4 Å². The Bertz CT molecular complexity index is 678. The van der Waals surface area contributed by atoms with E-state index in [2.05, 4.69) is 28.9 Å². The highest BCUT2D eigenvalue weighted by molar-refractivity contribution is 5.69. The van der Waals surface area contributed by atoms with Gasteiger partial charge in [0.15, 0.2) is 12.4 Å². The standard InChI is InChI=1S/C20H23NO3/c1-2-24-19-7-5-6-18(16-19)10-9-17-11-14-21(15-12-17)13-4-3-8-20(22)23/h5-7,9-12,14-16H,2-4,8,13H2,1H3/p+1/b10-9-. The molecule has 0 bridgehead atoms. The molecule has 0 fully saturated rings. The normalized spacial score (nSPS) is 10.9. The quantitative estimate of drug-likeness (QED) is 0.563. The van der Waals surface area contributed by atoms with E-state index in [9.17, 15) is 4.79 Å². The van der Waals surface area contributed by atoms with E-state index in [1.165, 1.54) is 0 Å². The second kappa shape index (κ2) is 9.50. The molecule has 0 aliphatic carbocycles. The van der Waals surface area contributed by atoms with E-state index < -0.39 is 5.97 Å². The van der Waals surface area contributed by atoms with Gasteiger partial charge in [0.05, 0.1) is 6.61 Å². The van der Waals surface area contributed by atoms with E-state index in [1.54, 1.807) is 0 Å². The highest BCUT2D eigenvalue weighted by Gasteiger charge is 2.02. The minimum atomic E-state index is -0.728. The lowest BCUT2D eigenvalue weighted by atomic mass is 10.1. The van der Waals surface area contributed by atoms with Crippen molar-refractivity contribution in [1.82, 2.24) is 0 Å². The first kappa shape index (κ1) is 17.7. The summed E-state index contributed by atoms with van der Waals surface area (Å²) in [5, 5.41) is 8.62. The van der Waals surface area contributed by atoms with Crippen molar-refractivity contribution in [3.63, 3.8) is 0 Å². The van der Waals surface area contributed by atoms with Gasteiger partial charge >= 0.3 is 5.97 Å². The summed E-state index contributed by atoms with van der Waals surface area (Å²) >= 11 is 0. The summed E-state index contributed by atoms with van der Waals surface area (Å²) in [5.74, 6) is 0.154. The number of benzene rings is 1. The molecule has 0 unspecified atom stereocenters. The number of carboxylic acids is 1. The summed E-state index contributed by atoms with van der Waals surface area (Å²) in [5.41, 5.74) is 2.23. The number of carbonyl (C=O) groups is 1. The smallest absolute Gasteiger partial charge is 0.303 e. The third kappa shape index (κ3) is 6.24. The Labute approximate surface area is 143 Å². The van der Waals surface area contributed by atoms with Crippen LogP contribution in [-0.2, 0) is 11.3 Å². The highest BCUT2D eigenvalue weighted by atomic mass is 16.5. The number of unbranched alkanes of at least 4 members (excludes halogenated alkanes) is 1. The average Bonchev–Trinajstić information content (AvgIpc) is 2.58. The number of hydrogen-bond donors (Lipinski definition) is 1. The maximum atomic E-state index is 10.5. The number of carboxylic acid groups (broad SMARTS) is 1. The molecule has 126 valence electrons. The van der Waals surface area contributed by atoms with Crippen LogP contribution >= 0.6 is 0 Å². The van der Waals surface area contributed by atoms with Crippen molar-refractivity contribution in [2.45, 2.75) is 32.7 Å². The second-order valence-corrected chi connectivity index (χ2v) is 5.56. The molecule has 1 heterocycles.